The van der Waals surface area contributed by atoms with Gasteiger partial charge in [0, 0.05) is 24.2 Å². The molecule has 36 heavy (non-hydrogen) atoms. The zero-order valence-corrected chi connectivity index (χ0v) is 20.3. The van der Waals surface area contributed by atoms with E-state index in [0.29, 0.717) is 32.1 Å². The molecule has 0 spiro atoms. The molecule has 2 N–H and O–H groups in total. The van der Waals surface area contributed by atoms with Crippen molar-refractivity contribution in [3.05, 3.63) is 66.9 Å². The van der Waals surface area contributed by atoms with Crippen LogP contribution in [0.4, 0.5) is 11.6 Å². The normalized spacial score (nSPS) is 15.7. The molecule has 0 atom stereocenters. The highest BCUT2D eigenvalue weighted by molar-refractivity contribution is 5.75. The molecule has 5 heterocycles. The molecule has 6 bridgehead atoms. The van der Waals surface area contributed by atoms with Gasteiger partial charge in [0.1, 0.15) is 11.5 Å². The fourth-order valence-corrected chi connectivity index (χ4v) is 4.17. The summed E-state index contributed by atoms with van der Waals surface area (Å²) in [6, 6.07) is 19.8. The van der Waals surface area contributed by atoms with Gasteiger partial charge < -0.3 is 20.1 Å². The molecule has 2 aromatic heterocycles. The van der Waals surface area contributed by atoms with E-state index in [4.69, 9.17) is 14.6 Å². The molecule has 1 amide bonds. The number of amides is 1. The Bertz CT molecular complexity index is 1290. The summed E-state index contributed by atoms with van der Waals surface area (Å²) in [6.07, 6.45) is 7.07. The number of benzene rings is 2. The number of ether oxygens (including phenoxy) is 2. The quantitative estimate of drug-likeness (QED) is 0.348. The number of anilines is 2. The Morgan fingerprint density at radius 2 is 1.50 bits per heavy atom. The molecule has 0 fully saturated rings. The van der Waals surface area contributed by atoms with E-state index in [2.05, 4.69) is 15.6 Å². The molecule has 0 saturated carbocycles. The summed E-state index contributed by atoms with van der Waals surface area (Å²) in [4.78, 5) is 16.5. The maximum Gasteiger partial charge on any atom is 0.245 e. The molecule has 186 valence electrons. The lowest BCUT2D eigenvalue weighted by Gasteiger charge is -2.10. The van der Waals surface area contributed by atoms with Gasteiger partial charge in [0.25, 0.3) is 0 Å². The van der Waals surface area contributed by atoms with Crippen LogP contribution in [-0.2, 0) is 4.79 Å². The summed E-state index contributed by atoms with van der Waals surface area (Å²) >= 11 is 0. The van der Waals surface area contributed by atoms with Gasteiger partial charge in [-0.2, -0.15) is 0 Å². The van der Waals surface area contributed by atoms with Crippen LogP contribution in [0.15, 0.2) is 66.9 Å². The van der Waals surface area contributed by atoms with Crippen molar-refractivity contribution in [2.24, 2.45) is 0 Å². The van der Waals surface area contributed by atoms with Crippen LogP contribution in [0, 0.1) is 0 Å². The third kappa shape index (κ3) is 6.13. The van der Waals surface area contributed by atoms with Crippen LogP contribution in [0.5, 0.6) is 11.5 Å². The van der Waals surface area contributed by atoms with Crippen molar-refractivity contribution in [2.75, 3.05) is 25.1 Å². The number of carbonyl (C=O) groups excluding carboxylic acids is 1. The highest BCUT2D eigenvalue weighted by Gasteiger charge is 2.09. The molecule has 7 rings (SSSR count). The van der Waals surface area contributed by atoms with E-state index in [9.17, 15) is 4.79 Å². The number of carbonyl (C=O) groups is 1. The third-order valence-corrected chi connectivity index (χ3v) is 6.14. The van der Waals surface area contributed by atoms with Gasteiger partial charge in [0.05, 0.1) is 30.6 Å². The zero-order valence-electron chi connectivity index (χ0n) is 20.3. The molecular weight excluding hydrogens is 454 g/mol. The number of fused-ring (bicyclic) bond motifs is 2. The monoisotopic (exact) mass is 485 g/mol. The number of rotatable bonds is 0. The second-order valence-corrected chi connectivity index (χ2v) is 8.88. The van der Waals surface area contributed by atoms with Gasteiger partial charge >= 0.3 is 0 Å². The van der Waals surface area contributed by atoms with Crippen LogP contribution in [0.2, 0.25) is 0 Å². The molecule has 0 saturated heterocycles. The van der Waals surface area contributed by atoms with Crippen LogP contribution in [-0.4, -0.2) is 40.3 Å². The average Bonchev–Trinajstić information content (AvgIpc) is 3.32. The summed E-state index contributed by atoms with van der Waals surface area (Å²) in [7, 11) is 0. The lowest BCUT2D eigenvalue weighted by Crippen LogP contribution is -2.25. The van der Waals surface area contributed by atoms with Crippen molar-refractivity contribution in [1.29, 1.82) is 0 Å². The summed E-state index contributed by atoms with van der Waals surface area (Å²) < 4.78 is 13.6. The molecule has 2 aromatic carbocycles. The molecule has 0 aliphatic carbocycles. The Morgan fingerprint density at radius 3 is 2.31 bits per heavy atom. The van der Waals surface area contributed by atoms with Gasteiger partial charge in [-0.15, -0.1) is 5.10 Å². The van der Waals surface area contributed by atoms with Crippen LogP contribution in [0.25, 0.3) is 16.8 Å². The van der Waals surface area contributed by atoms with Crippen molar-refractivity contribution in [3.8, 4) is 22.8 Å². The van der Waals surface area contributed by atoms with E-state index in [0.717, 1.165) is 66.1 Å². The lowest BCUT2D eigenvalue weighted by molar-refractivity contribution is -0.121. The Kier molecular flexibility index (Phi) is 7.61. The van der Waals surface area contributed by atoms with E-state index >= 15 is 0 Å². The minimum Gasteiger partial charge on any atom is -0.494 e. The summed E-state index contributed by atoms with van der Waals surface area (Å²) in [5, 5.41) is 10.9. The van der Waals surface area contributed by atoms with Gasteiger partial charge in [-0.3, -0.25) is 4.79 Å². The van der Waals surface area contributed by atoms with Gasteiger partial charge in [0.15, 0.2) is 0 Å². The first-order valence-electron chi connectivity index (χ1n) is 12.6. The highest BCUT2D eigenvalue weighted by atomic mass is 16.5. The summed E-state index contributed by atoms with van der Waals surface area (Å²) in [5.41, 5.74) is 3.82. The third-order valence-electron chi connectivity index (χ3n) is 6.14. The van der Waals surface area contributed by atoms with Crippen molar-refractivity contribution in [3.63, 3.8) is 0 Å². The SMILES string of the molecule is O=C1CCCCCCOc2ccc(cc2)-c2ccc3cnc(nn23)Nc2ccc(cc2)OCCCN1. The predicted octanol–water partition coefficient (Wildman–Crippen LogP) is 5.37. The standard InChI is InChI=1S/C28H31N5O3/c34-27-6-3-1-2-4-18-35-24-12-7-21(8-13-24)26-16-11-23-20-30-28(32-33(23)26)31-22-9-14-25(15-10-22)36-19-5-17-29-27/h7-16,20H,1-6,17-19H2,(H,29,34)(H,31,32). The largest absolute Gasteiger partial charge is 0.494 e. The molecule has 4 aromatic rings. The number of nitrogens with one attached hydrogen (secondary N) is 2. The second-order valence-electron chi connectivity index (χ2n) is 8.88. The van der Waals surface area contributed by atoms with Crippen molar-refractivity contribution < 1.29 is 14.3 Å². The zero-order chi connectivity index (χ0) is 24.6. The number of hydrogen-bond donors (Lipinski definition) is 2. The lowest BCUT2D eigenvalue weighted by atomic mass is 10.1. The topological polar surface area (TPSA) is 89.8 Å². The Morgan fingerprint density at radius 1 is 0.778 bits per heavy atom. The Hall–Kier alpha value is -4.07. The smallest absolute Gasteiger partial charge is 0.245 e. The first-order valence-corrected chi connectivity index (χ1v) is 12.6. The Balaban J connectivity index is 1.33. The van der Waals surface area contributed by atoms with Crippen molar-refractivity contribution in [2.45, 2.75) is 38.5 Å². The van der Waals surface area contributed by atoms with Crippen molar-refractivity contribution in [1.82, 2.24) is 19.9 Å². The number of hydrogen-bond acceptors (Lipinski definition) is 6. The maximum atomic E-state index is 12.0. The van der Waals surface area contributed by atoms with Gasteiger partial charge in [-0.1, -0.05) is 12.8 Å². The minimum absolute atomic E-state index is 0.106. The maximum absolute atomic E-state index is 12.0. The fourth-order valence-electron chi connectivity index (χ4n) is 4.17. The van der Waals surface area contributed by atoms with E-state index in [-0.39, 0.29) is 5.91 Å². The summed E-state index contributed by atoms with van der Waals surface area (Å²) in [5.74, 6) is 2.25. The van der Waals surface area contributed by atoms with Gasteiger partial charge in [0.2, 0.25) is 11.9 Å². The molecule has 0 unspecified atom stereocenters. The van der Waals surface area contributed by atoms with Crippen LogP contribution in [0.3, 0.4) is 0 Å². The summed E-state index contributed by atoms with van der Waals surface area (Å²) in [6.45, 7) is 1.83. The van der Waals surface area contributed by atoms with E-state index in [1.807, 2.05) is 65.2 Å². The second kappa shape index (κ2) is 11.6. The Labute approximate surface area is 210 Å². The van der Waals surface area contributed by atoms with Crippen LogP contribution < -0.4 is 20.1 Å². The van der Waals surface area contributed by atoms with E-state index in [1.165, 1.54) is 0 Å². The minimum atomic E-state index is 0.106. The highest BCUT2D eigenvalue weighted by Crippen LogP contribution is 2.25. The van der Waals surface area contributed by atoms with Crippen LogP contribution in [0.1, 0.15) is 38.5 Å². The van der Waals surface area contributed by atoms with Crippen LogP contribution >= 0.6 is 0 Å². The molecule has 3 aliphatic heterocycles. The molecule has 3 aliphatic rings. The number of nitrogens with zero attached hydrogens (tertiary/aromatic N) is 3. The first kappa shape index (κ1) is 23.7. The van der Waals surface area contributed by atoms with Crippen molar-refractivity contribution >= 4 is 23.1 Å². The molecule has 8 heteroatoms. The molecule has 8 nitrogen and oxygen atoms in total. The fraction of sp³-hybridized carbons (Fsp3) is 0.321. The first-order chi connectivity index (χ1) is 17.7. The van der Waals surface area contributed by atoms with Gasteiger partial charge in [-0.05, 0) is 79.9 Å². The van der Waals surface area contributed by atoms with Gasteiger partial charge in [-0.25, -0.2) is 9.50 Å². The number of aromatic nitrogens is 3. The van der Waals surface area contributed by atoms with E-state index < -0.39 is 0 Å². The van der Waals surface area contributed by atoms with E-state index in [1.54, 1.807) is 6.20 Å². The molecular formula is C28H31N5O3. The molecule has 0 radical (unpaired) electrons. The average molecular weight is 486 g/mol. The predicted molar refractivity (Wildman–Crippen MR) is 140 cm³/mol.